The highest BCUT2D eigenvalue weighted by atomic mass is 35.5. The summed E-state index contributed by atoms with van der Waals surface area (Å²) < 4.78 is 5.90. The lowest BCUT2D eigenvalue weighted by Crippen LogP contribution is -2.51. The molecule has 5 heteroatoms. The molecule has 1 aromatic carbocycles. The minimum absolute atomic E-state index is 0.0694. The Kier molecular flexibility index (Phi) is 8.71. The number of rotatable bonds is 7. The average molecular weight is 575 g/mol. The molecule has 39 heavy (non-hydrogen) atoms. The predicted octanol–water partition coefficient (Wildman–Crippen LogP) is 11.0. The van der Waals surface area contributed by atoms with Gasteiger partial charge in [-0.2, -0.15) is 0 Å². The largest absolute Gasteiger partial charge is 0.446 e. The number of fused-ring (bicyclic) bond motifs is 5. The van der Waals surface area contributed by atoms with Gasteiger partial charge in [-0.15, -0.1) is 0 Å². The van der Waals surface area contributed by atoms with Crippen LogP contribution in [0.1, 0.15) is 105 Å². The Morgan fingerprint density at radius 3 is 2.56 bits per heavy atom. The number of anilines is 1. The minimum Gasteiger partial charge on any atom is -0.446 e. The fourth-order valence-electron chi connectivity index (χ4n) is 9.63. The summed E-state index contributed by atoms with van der Waals surface area (Å²) >= 11 is 12.1. The Balaban J connectivity index is 1.21. The lowest BCUT2D eigenvalue weighted by Gasteiger charge is -2.58. The van der Waals surface area contributed by atoms with Gasteiger partial charge in [-0.1, -0.05) is 88.7 Å². The highest BCUT2D eigenvalue weighted by Crippen LogP contribution is 2.67. The molecule has 0 aliphatic heterocycles. The van der Waals surface area contributed by atoms with Crippen molar-refractivity contribution in [2.24, 2.45) is 46.3 Å². The van der Waals surface area contributed by atoms with Crippen molar-refractivity contribution in [3.05, 3.63) is 39.9 Å². The van der Waals surface area contributed by atoms with E-state index < -0.39 is 6.09 Å². The van der Waals surface area contributed by atoms with Crippen LogP contribution in [-0.2, 0) is 4.74 Å². The van der Waals surface area contributed by atoms with E-state index in [1.807, 2.05) is 0 Å². The van der Waals surface area contributed by atoms with Crippen molar-refractivity contribution in [2.45, 2.75) is 111 Å². The number of hydrogen-bond donors (Lipinski definition) is 1. The van der Waals surface area contributed by atoms with Crippen LogP contribution < -0.4 is 5.32 Å². The van der Waals surface area contributed by atoms with E-state index >= 15 is 0 Å². The standard InChI is InChI=1S/C34H49Cl2NO2/c1-21(2)7-6-8-22(3)27-12-13-28-26-11-9-23-19-25(15-17-33(23,4)29(26)16-18-34(27,28)5)39-32(38)37-24-10-14-30(35)31(36)20-24/h9-10,14,20-22,25-29H,6-8,11-13,15-19H2,1-5H3,(H,37,38)/t22-,25-,26+,27-,28+,29+,33+,34-/m1/s1. The SMILES string of the molecule is CC(C)CCC[C@@H](C)[C@H]1CC[C@H]2[C@@H]3CC=C4C[C@H](OC(=O)Nc5ccc(Cl)c(Cl)c5)CC[C@]4(C)[C@H]3CC[C@]12C. The van der Waals surface area contributed by atoms with Crippen LogP contribution in [0.5, 0.6) is 0 Å². The highest BCUT2D eigenvalue weighted by molar-refractivity contribution is 6.42. The normalized spacial score (nSPS) is 36.4. The molecule has 0 saturated heterocycles. The molecule has 5 rings (SSSR count). The number of benzene rings is 1. The summed E-state index contributed by atoms with van der Waals surface area (Å²) in [6, 6.07) is 5.09. The maximum absolute atomic E-state index is 12.7. The van der Waals surface area contributed by atoms with E-state index in [0.717, 1.165) is 54.8 Å². The molecule has 3 fully saturated rings. The van der Waals surface area contributed by atoms with Gasteiger partial charge in [-0.25, -0.2) is 4.79 Å². The van der Waals surface area contributed by atoms with Crippen LogP contribution in [0.25, 0.3) is 0 Å². The van der Waals surface area contributed by atoms with Crippen molar-refractivity contribution in [2.75, 3.05) is 5.32 Å². The molecule has 1 aromatic rings. The number of carbonyl (C=O) groups excluding carboxylic acids is 1. The van der Waals surface area contributed by atoms with Crippen LogP contribution in [0.2, 0.25) is 10.0 Å². The van der Waals surface area contributed by atoms with Crippen LogP contribution in [-0.4, -0.2) is 12.2 Å². The molecule has 8 atom stereocenters. The molecule has 4 aliphatic carbocycles. The van der Waals surface area contributed by atoms with E-state index in [0.29, 0.717) is 21.1 Å². The number of amides is 1. The van der Waals surface area contributed by atoms with E-state index in [2.05, 4.69) is 46.0 Å². The summed E-state index contributed by atoms with van der Waals surface area (Å²) in [7, 11) is 0. The number of ether oxygens (including phenoxy) is 1. The van der Waals surface area contributed by atoms with E-state index in [-0.39, 0.29) is 11.5 Å². The van der Waals surface area contributed by atoms with E-state index in [1.54, 1.807) is 23.8 Å². The van der Waals surface area contributed by atoms with Gasteiger partial charge in [-0.05, 0) is 109 Å². The van der Waals surface area contributed by atoms with Gasteiger partial charge in [0.25, 0.3) is 0 Å². The van der Waals surface area contributed by atoms with E-state index in [1.165, 1.54) is 51.4 Å². The van der Waals surface area contributed by atoms with Gasteiger partial charge >= 0.3 is 6.09 Å². The molecule has 1 amide bonds. The first-order valence-corrected chi connectivity index (χ1v) is 16.4. The summed E-state index contributed by atoms with van der Waals surface area (Å²) in [5.74, 6) is 5.03. The molecule has 0 heterocycles. The van der Waals surface area contributed by atoms with Crippen molar-refractivity contribution in [3.63, 3.8) is 0 Å². The zero-order valence-electron chi connectivity index (χ0n) is 24.7. The second kappa shape index (κ2) is 11.6. The second-order valence-corrected chi connectivity index (χ2v) is 15.1. The third-order valence-corrected chi connectivity index (χ3v) is 12.4. The van der Waals surface area contributed by atoms with Crippen molar-refractivity contribution in [3.8, 4) is 0 Å². The lowest BCUT2D eigenvalue weighted by molar-refractivity contribution is -0.0577. The Morgan fingerprint density at radius 2 is 1.82 bits per heavy atom. The van der Waals surface area contributed by atoms with Crippen LogP contribution in [0.3, 0.4) is 0 Å². The fraction of sp³-hybridized carbons (Fsp3) is 0.735. The molecule has 0 spiro atoms. The molecule has 0 radical (unpaired) electrons. The van der Waals surface area contributed by atoms with Gasteiger partial charge in [0.05, 0.1) is 10.0 Å². The van der Waals surface area contributed by atoms with Gasteiger partial charge < -0.3 is 4.74 Å². The number of carbonyl (C=O) groups is 1. The number of hydrogen-bond acceptors (Lipinski definition) is 2. The first-order valence-electron chi connectivity index (χ1n) is 15.6. The summed E-state index contributed by atoms with van der Waals surface area (Å²) in [5, 5.41) is 3.71. The monoisotopic (exact) mass is 573 g/mol. The van der Waals surface area contributed by atoms with Gasteiger partial charge in [0.1, 0.15) is 6.10 Å². The smallest absolute Gasteiger partial charge is 0.411 e. The number of halogens is 2. The molecule has 4 aliphatic rings. The van der Waals surface area contributed by atoms with Crippen molar-refractivity contribution < 1.29 is 9.53 Å². The average Bonchev–Trinajstić information content (AvgIpc) is 3.23. The molecule has 3 nitrogen and oxygen atoms in total. The zero-order valence-corrected chi connectivity index (χ0v) is 26.2. The second-order valence-electron chi connectivity index (χ2n) is 14.3. The lowest BCUT2D eigenvalue weighted by atomic mass is 9.47. The molecule has 0 bridgehead atoms. The molecule has 216 valence electrons. The number of allylic oxidation sites excluding steroid dienone is 1. The summed E-state index contributed by atoms with van der Waals surface area (Å²) in [5.41, 5.74) is 2.92. The topological polar surface area (TPSA) is 38.3 Å². The molecule has 0 aromatic heterocycles. The van der Waals surface area contributed by atoms with Gasteiger partial charge in [0.15, 0.2) is 0 Å². The van der Waals surface area contributed by atoms with Crippen LogP contribution >= 0.6 is 23.2 Å². The van der Waals surface area contributed by atoms with Gasteiger partial charge in [-0.3, -0.25) is 5.32 Å². The first-order chi connectivity index (χ1) is 18.5. The Morgan fingerprint density at radius 1 is 1.03 bits per heavy atom. The van der Waals surface area contributed by atoms with Crippen LogP contribution in [0.15, 0.2) is 29.8 Å². The highest BCUT2D eigenvalue weighted by Gasteiger charge is 2.59. The predicted molar refractivity (Wildman–Crippen MR) is 163 cm³/mol. The molecule has 1 N–H and O–H groups in total. The first kappa shape index (κ1) is 29.3. The zero-order chi connectivity index (χ0) is 27.9. The fourth-order valence-corrected chi connectivity index (χ4v) is 9.92. The summed E-state index contributed by atoms with van der Waals surface area (Å²) in [6.45, 7) is 12.5. The van der Waals surface area contributed by atoms with Gasteiger partial charge in [0.2, 0.25) is 0 Å². The molecule has 3 saturated carbocycles. The van der Waals surface area contributed by atoms with Crippen molar-refractivity contribution >= 4 is 35.0 Å². The Hall–Kier alpha value is -1.19. The third kappa shape index (κ3) is 5.78. The molecule has 0 unspecified atom stereocenters. The third-order valence-electron chi connectivity index (χ3n) is 11.7. The number of nitrogens with one attached hydrogen (secondary N) is 1. The van der Waals surface area contributed by atoms with Crippen LogP contribution in [0.4, 0.5) is 10.5 Å². The Bertz CT molecular complexity index is 1080. The molecular weight excluding hydrogens is 525 g/mol. The quantitative estimate of drug-likeness (QED) is 0.329. The molecular formula is C34H49Cl2NO2. The maximum atomic E-state index is 12.7. The van der Waals surface area contributed by atoms with Crippen LogP contribution in [0, 0.1) is 46.3 Å². The maximum Gasteiger partial charge on any atom is 0.411 e. The summed E-state index contributed by atoms with van der Waals surface area (Å²) in [4.78, 5) is 12.7. The van der Waals surface area contributed by atoms with E-state index in [9.17, 15) is 4.79 Å². The summed E-state index contributed by atoms with van der Waals surface area (Å²) in [6.07, 6.45) is 16.0. The Labute approximate surface area is 246 Å². The van der Waals surface area contributed by atoms with Crippen molar-refractivity contribution in [1.29, 1.82) is 0 Å². The minimum atomic E-state index is -0.413. The van der Waals surface area contributed by atoms with Crippen molar-refractivity contribution in [1.82, 2.24) is 0 Å². The van der Waals surface area contributed by atoms with E-state index in [4.69, 9.17) is 27.9 Å². The van der Waals surface area contributed by atoms with Gasteiger partial charge in [0, 0.05) is 12.1 Å².